The molecule has 0 amide bonds. The number of carboxylic acids is 1. The molecule has 17 heavy (non-hydrogen) atoms. The van der Waals surface area contributed by atoms with Crippen LogP contribution in [0.25, 0.3) is 0 Å². The molecule has 0 radical (unpaired) electrons. The molecule has 1 aliphatic heterocycles. The largest absolute Gasteiger partial charge is 0.481 e. The maximum Gasteiger partial charge on any atom is 0.319 e. The first kappa shape index (κ1) is 12.1. The van der Waals surface area contributed by atoms with Gasteiger partial charge in [0.1, 0.15) is 0 Å². The Morgan fingerprint density at radius 1 is 1.06 bits per heavy atom. The molecule has 1 saturated carbocycles. The summed E-state index contributed by atoms with van der Waals surface area (Å²) in [4.78, 5) is 34.8. The maximum absolute atomic E-state index is 11.8. The van der Waals surface area contributed by atoms with Gasteiger partial charge in [0.2, 0.25) is 0 Å². The van der Waals surface area contributed by atoms with Crippen molar-refractivity contribution in [2.45, 2.75) is 40.0 Å². The molecule has 1 aliphatic carbocycles. The second kappa shape index (κ2) is 3.09. The number of aliphatic carboxylic acids is 1. The minimum Gasteiger partial charge on any atom is -0.481 e. The third-order valence-corrected chi connectivity index (χ3v) is 4.03. The molecule has 2 aliphatic rings. The van der Waals surface area contributed by atoms with Crippen LogP contribution in [0, 0.1) is 16.2 Å². The number of hydrogen-bond acceptors (Lipinski definition) is 4. The number of rotatable bonds is 1. The molecule has 0 spiro atoms. The van der Waals surface area contributed by atoms with Gasteiger partial charge >= 0.3 is 17.9 Å². The first-order valence-corrected chi connectivity index (χ1v) is 5.62. The van der Waals surface area contributed by atoms with Gasteiger partial charge in [-0.05, 0) is 40.0 Å². The molecule has 1 heterocycles. The highest BCUT2D eigenvalue weighted by molar-refractivity contribution is 5.96. The Bertz CT molecular complexity index is 395. The zero-order chi connectivity index (χ0) is 13.1. The van der Waals surface area contributed by atoms with E-state index in [0.717, 1.165) is 0 Å². The van der Waals surface area contributed by atoms with E-state index >= 15 is 0 Å². The number of fused-ring (bicyclic) bond motifs is 2. The van der Waals surface area contributed by atoms with Crippen molar-refractivity contribution in [3.05, 3.63) is 0 Å². The van der Waals surface area contributed by atoms with Gasteiger partial charge in [-0.2, -0.15) is 0 Å². The van der Waals surface area contributed by atoms with Crippen molar-refractivity contribution in [1.29, 1.82) is 0 Å². The van der Waals surface area contributed by atoms with Crippen molar-refractivity contribution in [3.8, 4) is 0 Å². The van der Waals surface area contributed by atoms with E-state index in [1.807, 2.05) is 0 Å². The van der Waals surface area contributed by atoms with Crippen molar-refractivity contribution < 1.29 is 24.2 Å². The Morgan fingerprint density at radius 2 is 1.47 bits per heavy atom. The number of hydrogen-bond donors (Lipinski definition) is 1. The lowest BCUT2D eigenvalue weighted by atomic mass is 9.53. The highest BCUT2D eigenvalue weighted by Gasteiger charge is 2.62. The van der Waals surface area contributed by atoms with E-state index in [1.54, 1.807) is 20.8 Å². The molecule has 2 unspecified atom stereocenters. The summed E-state index contributed by atoms with van der Waals surface area (Å²) in [5.41, 5.74) is -2.78. The summed E-state index contributed by atoms with van der Waals surface area (Å²) in [7, 11) is 0. The molecule has 2 fully saturated rings. The third kappa shape index (κ3) is 1.56. The summed E-state index contributed by atoms with van der Waals surface area (Å²) in [6.07, 6.45) is 0.814. The van der Waals surface area contributed by atoms with E-state index in [2.05, 4.69) is 0 Å². The van der Waals surface area contributed by atoms with Crippen molar-refractivity contribution in [2.75, 3.05) is 0 Å². The fourth-order valence-electron chi connectivity index (χ4n) is 3.54. The van der Waals surface area contributed by atoms with E-state index < -0.39 is 34.2 Å². The predicted octanol–water partition coefficient (Wildman–Crippen LogP) is 1.36. The quantitative estimate of drug-likeness (QED) is 0.552. The Labute approximate surface area is 99.1 Å². The van der Waals surface area contributed by atoms with Gasteiger partial charge in [-0.1, -0.05) is 0 Å². The molecule has 2 atom stereocenters. The van der Waals surface area contributed by atoms with E-state index in [1.165, 1.54) is 0 Å². The molecule has 5 heteroatoms. The minimum atomic E-state index is -1.04. The number of esters is 2. The standard InChI is InChI=1S/C12H16O5/c1-10(7(13)14)4-11(2)6-12(3,5-10)9(16)17-8(11)15/h4-6H2,1-3H3,(H,13,14). The molecular weight excluding hydrogens is 224 g/mol. The van der Waals surface area contributed by atoms with Gasteiger partial charge in [0.05, 0.1) is 16.2 Å². The predicted molar refractivity (Wildman–Crippen MR) is 56.9 cm³/mol. The van der Waals surface area contributed by atoms with Gasteiger partial charge in [-0.15, -0.1) is 0 Å². The summed E-state index contributed by atoms with van der Waals surface area (Å²) in [5, 5.41) is 9.29. The van der Waals surface area contributed by atoms with Gasteiger partial charge in [-0.3, -0.25) is 14.4 Å². The van der Waals surface area contributed by atoms with Crippen LogP contribution in [0.15, 0.2) is 0 Å². The van der Waals surface area contributed by atoms with Gasteiger partial charge in [0.15, 0.2) is 0 Å². The second-order valence-electron chi connectivity index (χ2n) is 6.19. The van der Waals surface area contributed by atoms with E-state index in [-0.39, 0.29) is 12.8 Å². The molecule has 94 valence electrons. The first-order valence-electron chi connectivity index (χ1n) is 5.62. The molecule has 5 nitrogen and oxygen atoms in total. The van der Waals surface area contributed by atoms with Crippen LogP contribution in [0.3, 0.4) is 0 Å². The normalized spacial score (nSPS) is 45.4. The highest BCUT2D eigenvalue weighted by Crippen LogP contribution is 2.57. The SMILES string of the molecule is CC1(C(=O)O)CC2(C)CC(C)(C1)C(=O)OC2=O. The van der Waals surface area contributed by atoms with Crippen molar-refractivity contribution in [1.82, 2.24) is 0 Å². The number of carbonyl (C=O) groups is 3. The van der Waals surface area contributed by atoms with Gasteiger partial charge in [0, 0.05) is 0 Å². The molecule has 2 rings (SSSR count). The summed E-state index contributed by atoms with van der Waals surface area (Å²) in [6.45, 7) is 4.96. The van der Waals surface area contributed by atoms with Crippen molar-refractivity contribution in [3.63, 3.8) is 0 Å². The Hall–Kier alpha value is -1.39. The second-order valence-corrected chi connectivity index (χ2v) is 6.19. The summed E-state index contributed by atoms with van der Waals surface area (Å²) in [5.74, 6) is -2.14. The van der Waals surface area contributed by atoms with Crippen LogP contribution in [-0.4, -0.2) is 23.0 Å². The third-order valence-electron chi connectivity index (χ3n) is 4.03. The zero-order valence-corrected chi connectivity index (χ0v) is 10.2. The first-order chi connectivity index (χ1) is 7.61. The fourth-order valence-corrected chi connectivity index (χ4v) is 3.54. The Balaban J connectivity index is 2.48. The lowest BCUT2D eigenvalue weighted by Gasteiger charge is -2.51. The maximum atomic E-state index is 11.8. The van der Waals surface area contributed by atoms with Gasteiger partial charge in [0.25, 0.3) is 0 Å². The average Bonchev–Trinajstić information content (AvgIpc) is 2.13. The average molecular weight is 240 g/mol. The topological polar surface area (TPSA) is 80.7 Å². The van der Waals surface area contributed by atoms with Crippen LogP contribution in [0.4, 0.5) is 0 Å². The molecule has 0 aromatic rings. The molecular formula is C12H16O5. The monoisotopic (exact) mass is 240 g/mol. The lowest BCUT2D eigenvalue weighted by molar-refractivity contribution is -0.199. The van der Waals surface area contributed by atoms with Crippen LogP contribution in [0.5, 0.6) is 0 Å². The van der Waals surface area contributed by atoms with Gasteiger partial charge < -0.3 is 9.84 Å². The Morgan fingerprint density at radius 3 is 1.82 bits per heavy atom. The highest BCUT2D eigenvalue weighted by atomic mass is 16.6. The minimum absolute atomic E-state index is 0.219. The van der Waals surface area contributed by atoms with Crippen LogP contribution in [0.2, 0.25) is 0 Å². The van der Waals surface area contributed by atoms with Crippen LogP contribution < -0.4 is 0 Å². The smallest absolute Gasteiger partial charge is 0.319 e. The van der Waals surface area contributed by atoms with Gasteiger partial charge in [-0.25, -0.2) is 0 Å². The Kier molecular flexibility index (Phi) is 2.19. The van der Waals surface area contributed by atoms with E-state index in [0.29, 0.717) is 6.42 Å². The fraction of sp³-hybridized carbons (Fsp3) is 0.750. The summed E-state index contributed by atoms with van der Waals surface area (Å²) in [6, 6.07) is 0. The van der Waals surface area contributed by atoms with Crippen LogP contribution in [0.1, 0.15) is 40.0 Å². The van der Waals surface area contributed by atoms with Crippen molar-refractivity contribution in [2.24, 2.45) is 16.2 Å². The van der Waals surface area contributed by atoms with Crippen molar-refractivity contribution >= 4 is 17.9 Å². The van der Waals surface area contributed by atoms with Crippen LogP contribution in [-0.2, 0) is 19.1 Å². The molecule has 0 aromatic heterocycles. The number of cyclic esters (lactones) is 2. The molecule has 1 N–H and O–H groups in total. The number of carbonyl (C=O) groups excluding carboxylic acids is 2. The lowest BCUT2D eigenvalue weighted by Crippen LogP contribution is -2.57. The summed E-state index contributed by atoms with van der Waals surface area (Å²) < 4.78 is 4.76. The molecule has 1 saturated heterocycles. The number of carboxylic acid groups (broad SMARTS) is 1. The van der Waals surface area contributed by atoms with E-state index in [9.17, 15) is 19.5 Å². The zero-order valence-electron chi connectivity index (χ0n) is 10.2. The van der Waals surface area contributed by atoms with E-state index in [4.69, 9.17) is 4.74 Å². The summed E-state index contributed by atoms with van der Waals surface area (Å²) >= 11 is 0. The molecule has 0 aromatic carbocycles. The van der Waals surface area contributed by atoms with Crippen LogP contribution >= 0.6 is 0 Å². The molecule has 2 bridgehead atoms. The number of ether oxygens (including phenoxy) is 1.